The Morgan fingerprint density at radius 3 is 1.62 bits per heavy atom. The summed E-state index contributed by atoms with van der Waals surface area (Å²) in [6.45, 7) is 15.2. The standard InChI is InChI=1S/C60H68N8O15.C8H12O4.2C6H12O2.C2H6O.4CH4O/c1-25(2)17-38(68(8)9)56(76)67-51-53(74)33-13-16-42(27(4)19-33)83-44-22-34-21-43(54(44)81-10)82-41-15-12-31(18-26(41)3)28(5)47-57(77)64-48(30(7)69)36-23-40(71)29(6)52(73)46(36)35-20-32(11-14-39(35)70)49(58(78)63-47)66-59(79)50(34)65-55(75)37(24-45(61)72)62-60(51)80;1-5-7(10)3-6(4-9)12-8(5)11-2;2*7-5-6-3-1-2-4-8-6;1-3-2;4*1-2/h11-16,18-23,25,28,37-38,47-51,53,70-71,73-74H,17,24H2,1-10H3,(H2,61,72)(H,62,80)(H,63,78)(H,64,77)(H,65,75)(H,66,79)(H,67,76);3-5,7-8,10H,1-2H3;2*6-7H,1-5H2;1-2H3;4*2H,1H3. The Hall–Kier alpha value is -10.5. The second-order valence-electron chi connectivity index (χ2n) is 29.4. The maximum absolute atomic E-state index is 15.7. The Labute approximate surface area is 711 Å². The molecule has 11 bridgehead atoms. The second kappa shape index (κ2) is 52.8. The van der Waals surface area contributed by atoms with Crippen molar-refractivity contribution >= 4 is 53.4 Å². The minimum atomic E-state index is -1.97. The number of amides is 7. The van der Waals surface area contributed by atoms with E-state index in [1.54, 1.807) is 79.1 Å². The summed E-state index contributed by atoms with van der Waals surface area (Å²) in [4.78, 5) is 128. The molecule has 678 valence electrons. The van der Waals surface area contributed by atoms with Crippen LogP contribution in [0.1, 0.15) is 161 Å². The molecule has 0 saturated carbocycles. The quantitative estimate of drug-likeness (QED) is 0.0738. The van der Waals surface area contributed by atoms with Crippen LogP contribution in [-0.2, 0) is 66.8 Å². The number of likely N-dealkylation sites (N-methyl/N-ethyl adjacent to an activating group) is 1. The number of ketones is 1. The van der Waals surface area contributed by atoms with Crippen LogP contribution < -0.4 is 51.8 Å². The average molecular weight is 1720 g/mol. The van der Waals surface area contributed by atoms with Crippen LogP contribution in [0.3, 0.4) is 0 Å². The van der Waals surface area contributed by atoms with Crippen molar-refractivity contribution in [2.24, 2.45) is 17.6 Å². The van der Waals surface area contributed by atoms with Crippen LogP contribution in [0.2, 0.25) is 0 Å². The van der Waals surface area contributed by atoms with Gasteiger partial charge in [-0.05, 0) is 186 Å². The molecule has 0 spiro atoms. The third kappa shape index (κ3) is 29.1. The number of Topliss-reactive ketones (excluding diaryl/α,β-unsaturated/α-hetero) is 1. The van der Waals surface area contributed by atoms with Crippen molar-refractivity contribution in [1.82, 2.24) is 36.8 Å². The zero-order valence-corrected chi connectivity index (χ0v) is 72.6. The van der Waals surface area contributed by atoms with Gasteiger partial charge in [-0.2, -0.15) is 0 Å². The number of phenols is 3. The van der Waals surface area contributed by atoms with E-state index in [1.165, 1.54) is 102 Å². The number of rotatable bonds is 13. The van der Waals surface area contributed by atoms with E-state index in [0.29, 0.717) is 29.4 Å². The molecule has 14 unspecified atom stereocenters. The molecule has 2 saturated heterocycles. The number of aldehydes is 1. The number of fused-ring (bicyclic) bond motifs is 15. The van der Waals surface area contributed by atoms with E-state index >= 15 is 14.4 Å². The Morgan fingerprint density at radius 2 is 1.16 bits per heavy atom. The molecule has 5 aromatic rings. The molecule has 19 N–H and O–H groups in total. The summed E-state index contributed by atoms with van der Waals surface area (Å²) in [6, 6.07) is 5.55. The fourth-order valence-electron chi connectivity index (χ4n) is 13.6. The predicted octanol–water partition coefficient (Wildman–Crippen LogP) is 4.09. The molecular weight excluding hydrogens is 1590 g/mol. The molecule has 8 aliphatic heterocycles. The molecule has 8 heterocycles. The number of aliphatic hydroxyl groups excluding tert-OH is 8. The molecule has 122 heavy (non-hydrogen) atoms. The van der Waals surface area contributed by atoms with E-state index < -0.39 is 138 Å². The van der Waals surface area contributed by atoms with Gasteiger partial charge in [0, 0.05) is 91.5 Å². The van der Waals surface area contributed by atoms with E-state index in [0.717, 1.165) is 67.3 Å². The third-order valence-corrected chi connectivity index (χ3v) is 20.1. The minimum Gasteiger partial charge on any atom is -0.508 e. The normalized spacial score (nSPS) is 22.8. The Bertz CT molecular complexity index is 4250. The van der Waals surface area contributed by atoms with Gasteiger partial charge in [-0.1, -0.05) is 52.0 Å². The van der Waals surface area contributed by atoms with E-state index in [-0.39, 0.29) is 111 Å². The number of nitrogens with zero attached hydrogens (tertiary/aromatic N) is 1. The van der Waals surface area contributed by atoms with Gasteiger partial charge >= 0.3 is 0 Å². The number of benzene rings is 5. The highest BCUT2D eigenvalue weighted by Crippen LogP contribution is 2.49. The largest absolute Gasteiger partial charge is 0.508 e. The predicted molar refractivity (Wildman–Crippen MR) is 448 cm³/mol. The Kier molecular flexibility index (Phi) is 45.7. The van der Waals surface area contributed by atoms with Crippen LogP contribution in [0, 0.1) is 32.6 Å². The van der Waals surface area contributed by atoms with Crippen molar-refractivity contribution in [3.63, 3.8) is 0 Å². The van der Waals surface area contributed by atoms with E-state index in [4.69, 9.17) is 69.5 Å². The number of hydrogen-bond acceptors (Lipinski definition) is 29. The smallest absolute Gasteiger partial charge is 0.248 e. The van der Waals surface area contributed by atoms with Crippen molar-refractivity contribution in [1.29, 1.82) is 0 Å². The van der Waals surface area contributed by atoms with Gasteiger partial charge in [0.2, 0.25) is 53.4 Å². The van der Waals surface area contributed by atoms with Crippen LogP contribution >= 0.6 is 0 Å². The van der Waals surface area contributed by atoms with Gasteiger partial charge in [0.1, 0.15) is 71.1 Å². The number of phenolic OH excluding ortho intramolecular Hbond substituents is 3. The summed E-state index contributed by atoms with van der Waals surface area (Å²) >= 11 is 0. The molecule has 0 radical (unpaired) electrons. The van der Waals surface area contributed by atoms with E-state index in [9.17, 15) is 54.3 Å². The average Bonchev–Trinajstić information content (AvgIpc) is 0.845. The van der Waals surface area contributed by atoms with Gasteiger partial charge < -0.3 is 132 Å². The molecular formula is C86H126N8O28. The van der Waals surface area contributed by atoms with Crippen molar-refractivity contribution in [2.45, 2.75) is 186 Å². The fraction of sp³-hybridized carbons (Fsp3) is 0.523. The molecule has 0 aliphatic carbocycles. The van der Waals surface area contributed by atoms with Gasteiger partial charge in [0.25, 0.3) is 0 Å². The topological polar surface area (TPSA) is 551 Å². The first-order valence-corrected chi connectivity index (χ1v) is 39.5. The molecule has 7 amide bonds. The third-order valence-electron chi connectivity index (χ3n) is 20.1. The number of nitrogens with two attached hydrogens (primary N) is 1. The molecule has 36 nitrogen and oxygen atoms in total. The number of primary amides is 1. The first-order chi connectivity index (χ1) is 58.1. The maximum Gasteiger partial charge on any atom is 0.248 e. The number of aliphatic hydroxyl groups is 8. The number of methoxy groups -OCH3 is 3. The summed E-state index contributed by atoms with van der Waals surface area (Å²) in [5, 5.41) is 117. The van der Waals surface area contributed by atoms with E-state index in [1.807, 2.05) is 13.8 Å². The highest BCUT2D eigenvalue weighted by Gasteiger charge is 2.42. The molecule has 14 atom stereocenters. The van der Waals surface area contributed by atoms with Crippen molar-refractivity contribution in [3.05, 3.63) is 129 Å². The van der Waals surface area contributed by atoms with Crippen LogP contribution in [0.4, 0.5) is 0 Å². The lowest BCUT2D eigenvalue weighted by molar-refractivity contribution is -0.159. The minimum absolute atomic E-state index is 0.0183. The molecule has 36 heteroatoms. The summed E-state index contributed by atoms with van der Waals surface area (Å²) in [7, 11) is 13.4. The van der Waals surface area contributed by atoms with Crippen molar-refractivity contribution in [3.8, 4) is 57.1 Å². The SMILES string of the molecule is CO.CO.CO.CO.COC.COC1OC(C=O)=CC(O)C1C.COc1c2cc3cc1Oc1ccc(cc1C)C(O)C(NC(=O)C(CC(C)C)N(C)C)C(=O)NC(CC(N)=O)C(=O)NC3C(=O)NC1C(=O)NC(C(=O)NC(C(C)=O)c3cc(O)c(C)c(O)c3-c3cc1ccc3O)C(C)c1ccc(c(C)c1)O2.OCC1CCCCO1.OCC1CCCCO1. The van der Waals surface area contributed by atoms with Crippen LogP contribution in [0.15, 0.2) is 84.6 Å². The van der Waals surface area contributed by atoms with Crippen molar-refractivity contribution in [2.75, 3.05) is 97.4 Å². The van der Waals surface area contributed by atoms with Gasteiger partial charge in [-0.15, -0.1) is 0 Å². The van der Waals surface area contributed by atoms with Gasteiger partial charge in [-0.25, -0.2) is 0 Å². The van der Waals surface area contributed by atoms with Gasteiger partial charge in [0.05, 0.1) is 51.1 Å². The Balaban J connectivity index is 0.000000808. The fourth-order valence-corrected chi connectivity index (χ4v) is 13.6. The number of ether oxygens (including phenoxy) is 8. The zero-order valence-electron chi connectivity index (χ0n) is 72.6. The number of aryl methyl sites for hydroxylation is 2. The maximum atomic E-state index is 15.7. The lowest BCUT2D eigenvalue weighted by Gasteiger charge is -2.32. The lowest BCUT2D eigenvalue weighted by atomic mass is 9.86. The van der Waals surface area contributed by atoms with Crippen molar-refractivity contribution < 1.29 is 137 Å². The number of carbonyl (C=O) groups excluding carboxylic acids is 9. The molecule has 8 aliphatic rings. The summed E-state index contributed by atoms with van der Waals surface area (Å²) in [5.74, 6) is -10.1. The molecule has 0 aromatic heterocycles. The number of hydrogen-bond donors (Lipinski definition) is 18. The molecule has 2 fully saturated rings. The first-order valence-electron chi connectivity index (χ1n) is 39.5. The van der Waals surface area contributed by atoms with E-state index in [2.05, 4.69) is 36.6 Å². The highest BCUT2D eigenvalue weighted by molar-refractivity contribution is 6.01. The second-order valence-corrected chi connectivity index (χ2v) is 29.4. The number of allylic oxidation sites excluding steroid dienone is 1. The van der Waals surface area contributed by atoms with Crippen LogP contribution in [0.5, 0.6) is 46.0 Å². The van der Waals surface area contributed by atoms with Gasteiger partial charge in [0.15, 0.2) is 29.3 Å². The van der Waals surface area contributed by atoms with Crippen LogP contribution in [-0.4, -0.2) is 261 Å². The first kappa shape index (κ1) is 106. The highest BCUT2D eigenvalue weighted by atomic mass is 16.7. The zero-order chi connectivity index (χ0) is 92.1. The number of nitrogens with one attached hydrogen (secondary N) is 6. The summed E-state index contributed by atoms with van der Waals surface area (Å²) in [5.41, 5.74) is 6.46. The summed E-state index contributed by atoms with van der Waals surface area (Å²) < 4.78 is 43.8. The lowest BCUT2D eigenvalue weighted by Crippen LogP contribution is -2.59. The summed E-state index contributed by atoms with van der Waals surface area (Å²) in [6.07, 6.45) is 5.52. The van der Waals surface area contributed by atoms with Crippen LogP contribution in [0.25, 0.3) is 11.1 Å². The number of carbonyl (C=O) groups is 9. The monoisotopic (exact) mass is 1720 g/mol. The van der Waals surface area contributed by atoms with Gasteiger partial charge in [-0.3, -0.25) is 48.1 Å². The Morgan fingerprint density at radius 1 is 0.639 bits per heavy atom. The number of aromatic hydroxyl groups is 3. The molecule has 5 aromatic carbocycles. The molecule has 13 rings (SSSR count).